The molecule has 1 amide bonds. The van der Waals surface area contributed by atoms with Gasteiger partial charge in [0.1, 0.15) is 6.61 Å². The molecule has 0 aromatic heterocycles. The quantitative estimate of drug-likeness (QED) is 0.780. The van der Waals surface area contributed by atoms with Gasteiger partial charge in [-0.3, -0.25) is 4.79 Å². The van der Waals surface area contributed by atoms with Crippen molar-refractivity contribution in [3.63, 3.8) is 0 Å². The highest BCUT2D eigenvalue weighted by atomic mass is 16.2. The predicted octanol–water partition coefficient (Wildman–Crippen LogP) is 1.49. The molecule has 1 unspecified atom stereocenters. The monoisotopic (exact) mass is 288 g/mol. The average Bonchev–Trinajstić information content (AvgIpc) is 2.50. The van der Waals surface area contributed by atoms with Gasteiger partial charge in [-0.05, 0) is 32.1 Å². The Balaban J connectivity index is 2.75. The van der Waals surface area contributed by atoms with Crippen LogP contribution in [0.5, 0.6) is 0 Å². The number of carbonyl (C=O) groups excluding carboxylic acids is 1. The highest BCUT2D eigenvalue weighted by Gasteiger charge is 2.14. The number of likely N-dealkylation sites (N-methyl/N-ethyl adjacent to an activating group) is 1. The summed E-state index contributed by atoms with van der Waals surface area (Å²) in [7, 11) is 0. The predicted molar refractivity (Wildman–Crippen MR) is 85.1 cm³/mol. The second-order valence-electron chi connectivity index (χ2n) is 4.87. The minimum Gasteiger partial charge on any atom is -0.384 e. The van der Waals surface area contributed by atoms with Crippen LogP contribution < -0.4 is 5.32 Å². The third-order valence-corrected chi connectivity index (χ3v) is 3.28. The fraction of sp³-hybridized carbons (Fsp3) is 0.471. The van der Waals surface area contributed by atoms with Crippen molar-refractivity contribution in [2.75, 3.05) is 26.2 Å². The zero-order valence-electron chi connectivity index (χ0n) is 13.0. The summed E-state index contributed by atoms with van der Waals surface area (Å²) in [5.74, 6) is 5.26. The summed E-state index contributed by atoms with van der Waals surface area (Å²) in [6.45, 7) is 8.76. The van der Waals surface area contributed by atoms with Gasteiger partial charge >= 0.3 is 0 Å². The van der Waals surface area contributed by atoms with Gasteiger partial charge in [-0.25, -0.2) is 0 Å². The number of hydrogen-bond donors (Lipinski definition) is 2. The molecule has 1 rings (SSSR count). The Bertz CT molecular complexity index is 513. The summed E-state index contributed by atoms with van der Waals surface area (Å²) >= 11 is 0. The van der Waals surface area contributed by atoms with E-state index in [9.17, 15) is 4.79 Å². The largest absolute Gasteiger partial charge is 0.384 e. The van der Waals surface area contributed by atoms with Crippen molar-refractivity contribution in [2.24, 2.45) is 0 Å². The Morgan fingerprint density at radius 2 is 2.00 bits per heavy atom. The van der Waals surface area contributed by atoms with Gasteiger partial charge in [0.15, 0.2) is 0 Å². The van der Waals surface area contributed by atoms with Crippen LogP contribution in [-0.4, -0.2) is 48.2 Å². The van der Waals surface area contributed by atoms with Gasteiger partial charge in [0, 0.05) is 18.2 Å². The maximum absolute atomic E-state index is 12.3. The van der Waals surface area contributed by atoms with Crippen LogP contribution in [0.1, 0.15) is 36.7 Å². The number of benzene rings is 1. The lowest BCUT2D eigenvalue weighted by Gasteiger charge is -2.23. The molecule has 0 heterocycles. The zero-order chi connectivity index (χ0) is 15.7. The molecule has 0 saturated carbocycles. The summed E-state index contributed by atoms with van der Waals surface area (Å²) in [5.41, 5.74) is 1.18. The third kappa shape index (κ3) is 5.58. The first-order chi connectivity index (χ1) is 10.1. The number of aliphatic hydroxyl groups excluding tert-OH is 1. The Hall–Kier alpha value is -1.83. The third-order valence-electron chi connectivity index (χ3n) is 3.28. The molecule has 4 heteroatoms. The molecule has 0 bridgehead atoms. The van der Waals surface area contributed by atoms with Crippen molar-refractivity contribution in [1.82, 2.24) is 10.2 Å². The van der Waals surface area contributed by atoms with Gasteiger partial charge < -0.3 is 15.3 Å². The fourth-order valence-corrected chi connectivity index (χ4v) is 2.14. The number of hydrogen-bond acceptors (Lipinski definition) is 3. The van der Waals surface area contributed by atoms with Crippen LogP contribution in [0.25, 0.3) is 0 Å². The highest BCUT2D eigenvalue weighted by Crippen LogP contribution is 2.07. The summed E-state index contributed by atoms with van der Waals surface area (Å²) in [4.78, 5) is 14.6. The lowest BCUT2D eigenvalue weighted by Crippen LogP contribution is -2.42. The number of rotatable bonds is 6. The molecule has 0 radical (unpaired) electrons. The molecule has 0 fully saturated rings. The second-order valence-corrected chi connectivity index (χ2v) is 4.87. The molecule has 0 spiro atoms. The van der Waals surface area contributed by atoms with Crippen molar-refractivity contribution in [3.8, 4) is 11.8 Å². The molecule has 0 aliphatic carbocycles. The summed E-state index contributed by atoms with van der Waals surface area (Å²) in [5, 5.41) is 11.8. The van der Waals surface area contributed by atoms with Gasteiger partial charge in [-0.15, -0.1) is 0 Å². The number of nitrogens with one attached hydrogen (secondary N) is 1. The fourth-order valence-electron chi connectivity index (χ4n) is 2.14. The van der Waals surface area contributed by atoms with Gasteiger partial charge in [-0.2, -0.15) is 0 Å². The molecule has 0 aliphatic heterocycles. The number of nitrogens with zero attached hydrogens (tertiary/aromatic N) is 1. The molecule has 1 aromatic rings. The van der Waals surface area contributed by atoms with Crippen molar-refractivity contribution in [1.29, 1.82) is 0 Å². The maximum Gasteiger partial charge on any atom is 0.252 e. The van der Waals surface area contributed by atoms with E-state index in [1.165, 1.54) is 0 Å². The van der Waals surface area contributed by atoms with Crippen LogP contribution in [0, 0.1) is 11.8 Å². The Morgan fingerprint density at radius 1 is 1.33 bits per heavy atom. The molecule has 114 valence electrons. The van der Waals surface area contributed by atoms with E-state index in [1.54, 1.807) is 12.1 Å². The Morgan fingerprint density at radius 3 is 2.62 bits per heavy atom. The van der Waals surface area contributed by atoms with Crippen LogP contribution >= 0.6 is 0 Å². The smallest absolute Gasteiger partial charge is 0.252 e. The van der Waals surface area contributed by atoms with Gasteiger partial charge in [0.25, 0.3) is 5.91 Å². The standard InChI is InChI=1S/C17H24N2O2/c1-4-19(5-2)13-14(3)18-17(21)16-11-7-6-9-15(16)10-8-12-20/h6-7,9,11,14,20H,4-5,12-13H2,1-3H3,(H,18,21). The first kappa shape index (κ1) is 17.2. The molecule has 1 aromatic carbocycles. The molecular formula is C17H24N2O2. The van der Waals surface area contributed by atoms with Gasteiger partial charge in [0.05, 0.1) is 5.56 Å². The molecule has 21 heavy (non-hydrogen) atoms. The molecule has 4 nitrogen and oxygen atoms in total. The Kier molecular flexibility index (Phi) is 7.52. The van der Waals surface area contributed by atoms with Crippen molar-refractivity contribution in [2.45, 2.75) is 26.8 Å². The maximum atomic E-state index is 12.3. The van der Waals surface area contributed by atoms with E-state index in [4.69, 9.17) is 5.11 Å². The molecule has 0 saturated heterocycles. The van der Waals surface area contributed by atoms with E-state index in [1.807, 2.05) is 19.1 Å². The van der Waals surface area contributed by atoms with E-state index in [0.29, 0.717) is 11.1 Å². The van der Waals surface area contributed by atoms with E-state index in [2.05, 4.69) is 35.9 Å². The molecular weight excluding hydrogens is 264 g/mol. The minimum absolute atomic E-state index is 0.0660. The summed E-state index contributed by atoms with van der Waals surface area (Å²) in [6.07, 6.45) is 0. The topological polar surface area (TPSA) is 52.6 Å². The molecule has 2 N–H and O–H groups in total. The minimum atomic E-state index is -0.214. The summed E-state index contributed by atoms with van der Waals surface area (Å²) in [6, 6.07) is 7.25. The van der Waals surface area contributed by atoms with Crippen LogP contribution in [0.4, 0.5) is 0 Å². The lowest BCUT2D eigenvalue weighted by atomic mass is 10.1. The first-order valence-electron chi connectivity index (χ1n) is 7.34. The first-order valence-corrected chi connectivity index (χ1v) is 7.34. The van der Waals surface area contributed by atoms with Crippen molar-refractivity contribution in [3.05, 3.63) is 35.4 Å². The van der Waals surface area contributed by atoms with Crippen molar-refractivity contribution >= 4 is 5.91 Å². The second kappa shape index (κ2) is 9.17. The summed E-state index contributed by atoms with van der Waals surface area (Å²) < 4.78 is 0. The van der Waals surface area contributed by atoms with E-state index in [0.717, 1.165) is 19.6 Å². The average molecular weight is 288 g/mol. The van der Waals surface area contributed by atoms with Crippen LogP contribution in [-0.2, 0) is 0 Å². The lowest BCUT2D eigenvalue weighted by molar-refractivity contribution is 0.0930. The highest BCUT2D eigenvalue weighted by molar-refractivity contribution is 5.96. The van der Waals surface area contributed by atoms with Crippen molar-refractivity contribution < 1.29 is 9.90 Å². The van der Waals surface area contributed by atoms with E-state index >= 15 is 0 Å². The molecule has 1 atom stereocenters. The number of aliphatic hydroxyl groups is 1. The number of carbonyl (C=O) groups is 1. The van der Waals surface area contributed by atoms with Crippen LogP contribution in [0.2, 0.25) is 0 Å². The Labute approximate surface area is 127 Å². The van der Waals surface area contributed by atoms with E-state index in [-0.39, 0.29) is 18.6 Å². The van der Waals surface area contributed by atoms with Gasteiger partial charge in [-0.1, -0.05) is 37.8 Å². The number of amides is 1. The normalized spacial score (nSPS) is 11.7. The van der Waals surface area contributed by atoms with Gasteiger partial charge in [0.2, 0.25) is 0 Å². The zero-order valence-corrected chi connectivity index (χ0v) is 13.0. The molecule has 0 aliphatic rings. The van der Waals surface area contributed by atoms with E-state index < -0.39 is 0 Å². The van der Waals surface area contributed by atoms with Crippen LogP contribution in [0.15, 0.2) is 24.3 Å². The van der Waals surface area contributed by atoms with Crippen LogP contribution in [0.3, 0.4) is 0 Å². The SMILES string of the molecule is CCN(CC)CC(C)NC(=O)c1ccccc1C#CCO.